The summed E-state index contributed by atoms with van der Waals surface area (Å²) in [6.45, 7) is 2.75. The molecule has 4 rings (SSSR count). The van der Waals surface area contributed by atoms with Crippen LogP contribution in [0.25, 0.3) is 22.2 Å². The van der Waals surface area contributed by atoms with Crippen LogP contribution in [0.3, 0.4) is 0 Å². The Balaban J connectivity index is 1.79. The van der Waals surface area contributed by atoms with E-state index < -0.39 is 0 Å². The third kappa shape index (κ3) is 3.76. The SMILES string of the molecule is CN/C=C(\C=N)c1ccc2c(c1)C(Nc1ccc3[nH]ccc3c1)CCN/C2=C(/C)N. The van der Waals surface area contributed by atoms with Gasteiger partial charge in [0.1, 0.15) is 0 Å². The highest BCUT2D eigenvalue weighted by Crippen LogP contribution is 2.34. The van der Waals surface area contributed by atoms with Crippen LogP contribution in [-0.2, 0) is 0 Å². The molecule has 2 aromatic carbocycles. The van der Waals surface area contributed by atoms with Gasteiger partial charge >= 0.3 is 0 Å². The molecule has 6 nitrogen and oxygen atoms in total. The van der Waals surface area contributed by atoms with Gasteiger partial charge in [-0.25, -0.2) is 0 Å². The quantitative estimate of drug-likeness (QED) is 0.362. The molecule has 0 radical (unpaired) electrons. The number of allylic oxidation sites excluding steroid dienone is 2. The first-order chi connectivity index (χ1) is 14.6. The lowest BCUT2D eigenvalue weighted by Gasteiger charge is -2.22. The number of hydrogen-bond acceptors (Lipinski definition) is 5. The monoisotopic (exact) mass is 400 g/mol. The Morgan fingerprint density at radius 3 is 2.83 bits per heavy atom. The number of anilines is 1. The summed E-state index contributed by atoms with van der Waals surface area (Å²) in [6.07, 6.45) is 6.09. The van der Waals surface area contributed by atoms with Crippen molar-refractivity contribution in [1.82, 2.24) is 15.6 Å². The first kappa shape index (κ1) is 19.6. The fourth-order valence-corrected chi connectivity index (χ4v) is 4.06. The van der Waals surface area contributed by atoms with E-state index in [2.05, 4.69) is 57.3 Å². The lowest BCUT2D eigenvalue weighted by molar-refractivity contribution is 0.683. The van der Waals surface area contributed by atoms with Gasteiger partial charge in [-0.1, -0.05) is 12.1 Å². The molecule has 0 bridgehead atoms. The molecule has 30 heavy (non-hydrogen) atoms. The summed E-state index contributed by atoms with van der Waals surface area (Å²) < 4.78 is 0. The Morgan fingerprint density at radius 1 is 1.20 bits per heavy atom. The summed E-state index contributed by atoms with van der Waals surface area (Å²) in [5, 5.41) is 19.2. The number of fused-ring (bicyclic) bond motifs is 2. The van der Waals surface area contributed by atoms with Crippen molar-refractivity contribution in [3.05, 3.63) is 77.2 Å². The van der Waals surface area contributed by atoms with E-state index >= 15 is 0 Å². The van der Waals surface area contributed by atoms with E-state index in [-0.39, 0.29) is 6.04 Å². The van der Waals surface area contributed by atoms with Gasteiger partial charge in [0.2, 0.25) is 0 Å². The molecule has 1 aliphatic heterocycles. The van der Waals surface area contributed by atoms with Gasteiger partial charge in [0.25, 0.3) is 0 Å². The minimum atomic E-state index is 0.113. The van der Waals surface area contributed by atoms with Crippen molar-refractivity contribution in [2.24, 2.45) is 5.73 Å². The van der Waals surface area contributed by atoms with E-state index in [0.29, 0.717) is 0 Å². The maximum Gasteiger partial charge on any atom is 0.0605 e. The first-order valence-electron chi connectivity index (χ1n) is 10.2. The van der Waals surface area contributed by atoms with Crippen molar-refractivity contribution in [3.63, 3.8) is 0 Å². The zero-order valence-corrected chi connectivity index (χ0v) is 17.3. The van der Waals surface area contributed by atoms with Gasteiger partial charge in [0.05, 0.1) is 11.7 Å². The van der Waals surface area contributed by atoms with Crippen molar-refractivity contribution in [3.8, 4) is 0 Å². The molecule has 0 spiro atoms. The number of benzene rings is 2. The molecule has 2 heterocycles. The van der Waals surface area contributed by atoms with Crippen LogP contribution in [0.15, 0.2) is 60.6 Å². The first-order valence-corrected chi connectivity index (χ1v) is 10.2. The van der Waals surface area contributed by atoms with E-state index in [1.165, 1.54) is 17.2 Å². The predicted molar refractivity (Wildman–Crippen MR) is 126 cm³/mol. The molecule has 6 heteroatoms. The van der Waals surface area contributed by atoms with Crippen molar-refractivity contribution in [1.29, 1.82) is 5.41 Å². The van der Waals surface area contributed by atoms with Gasteiger partial charge in [0, 0.05) is 65.6 Å². The van der Waals surface area contributed by atoms with Crippen molar-refractivity contribution in [2.45, 2.75) is 19.4 Å². The third-order valence-electron chi connectivity index (χ3n) is 5.51. The average molecular weight is 401 g/mol. The van der Waals surface area contributed by atoms with Crippen LogP contribution >= 0.6 is 0 Å². The largest absolute Gasteiger partial charge is 0.401 e. The fourth-order valence-electron chi connectivity index (χ4n) is 4.06. The second kappa shape index (κ2) is 8.37. The summed E-state index contributed by atoms with van der Waals surface area (Å²) in [4.78, 5) is 3.24. The number of hydrogen-bond donors (Lipinski definition) is 6. The third-order valence-corrected chi connectivity index (χ3v) is 5.51. The normalized spacial score (nSPS) is 18.2. The van der Waals surface area contributed by atoms with Crippen LogP contribution in [0, 0.1) is 5.41 Å². The number of aromatic amines is 1. The number of nitrogens with one attached hydrogen (secondary N) is 5. The smallest absolute Gasteiger partial charge is 0.0605 e. The van der Waals surface area contributed by atoms with Crippen LogP contribution in [0.5, 0.6) is 0 Å². The van der Waals surface area contributed by atoms with Crippen LogP contribution in [0.4, 0.5) is 5.69 Å². The molecule has 1 aromatic heterocycles. The standard InChI is InChI=1S/C24H28N6/c1-15(26)24-20-5-3-16(18(13-25)14-27-2)12-21(20)23(8-10-29-24)30-19-4-6-22-17(11-19)7-9-28-22/h3-7,9,11-14,23,25,27-30H,8,10,26H2,1-2H3/b18-14+,24-15-,25-13?. The molecule has 1 atom stereocenters. The van der Waals surface area contributed by atoms with Crippen molar-refractivity contribution < 1.29 is 0 Å². The Morgan fingerprint density at radius 2 is 2.07 bits per heavy atom. The van der Waals surface area contributed by atoms with Gasteiger partial charge in [-0.3, -0.25) is 0 Å². The maximum absolute atomic E-state index is 7.79. The number of nitrogens with two attached hydrogens (primary N) is 1. The highest BCUT2D eigenvalue weighted by Gasteiger charge is 2.23. The maximum atomic E-state index is 7.79. The molecule has 0 fully saturated rings. The lowest BCUT2D eigenvalue weighted by Crippen LogP contribution is -2.16. The summed E-state index contributed by atoms with van der Waals surface area (Å²) in [6, 6.07) is 14.9. The topological polar surface area (TPSA) is 102 Å². The number of aromatic nitrogens is 1. The van der Waals surface area contributed by atoms with E-state index in [4.69, 9.17) is 11.1 Å². The lowest BCUT2D eigenvalue weighted by atomic mass is 9.92. The second-order valence-electron chi connectivity index (χ2n) is 7.58. The van der Waals surface area contributed by atoms with E-state index in [9.17, 15) is 0 Å². The minimum absolute atomic E-state index is 0.113. The molecule has 3 aromatic rings. The molecular formula is C24H28N6. The van der Waals surface area contributed by atoms with Crippen molar-refractivity contribution in [2.75, 3.05) is 18.9 Å². The molecule has 0 amide bonds. The van der Waals surface area contributed by atoms with Crippen LogP contribution in [-0.4, -0.2) is 24.8 Å². The van der Waals surface area contributed by atoms with Crippen LogP contribution in [0.2, 0.25) is 0 Å². The molecule has 154 valence electrons. The molecule has 0 aliphatic carbocycles. The number of H-pyrrole nitrogens is 1. The Kier molecular flexibility index (Phi) is 5.48. The molecule has 7 N–H and O–H groups in total. The number of rotatable bonds is 5. The van der Waals surface area contributed by atoms with Gasteiger partial charge in [-0.05, 0) is 54.8 Å². The van der Waals surface area contributed by atoms with Gasteiger partial charge < -0.3 is 32.1 Å². The van der Waals surface area contributed by atoms with Gasteiger partial charge in [-0.2, -0.15) is 0 Å². The van der Waals surface area contributed by atoms with Crippen LogP contribution < -0.4 is 21.7 Å². The second-order valence-corrected chi connectivity index (χ2v) is 7.58. The Bertz CT molecular complexity index is 1130. The summed E-state index contributed by atoms with van der Waals surface area (Å²) in [5.41, 5.74) is 14.3. The van der Waals surface area contributed by atoms with E-state index in [1.807, 2.05) is 32.4 Å². The fraction of sp³-hybridized carbons (Fsp3) is 0.208. The summed E-state index contributed by atoms with van der Waals surface area (Å²) >= 11 is 0. The molecule has 1 unspecified atom stereocenters. The summed E-state index contributed by atoms with van der Waals surface area (Å²) in [7, 11) is 1.84. The zero-order valence-electron chi connectivity index (χ0n) is 17.3. The molecular weight excluding hydrogens is 372 g/mol. The summed E-state index contributed by atoms with van der Waals surface area (Å²) in [5.74, 6) is 0. The molecule has 0 saturated carbocycles. The Hall–Kier alpha value is -3.67. The minimum Gasteiger partial charge on any atom is -0.401 e. The highest BCUT2D eigenvalue weighted by atomic mass is 15.0. The molecule has 1 aliphatic rings. The predicted octanol–water partition coefficient (Wildman–Crippen LogP) is 4.17. The van der Waals surface area contributed by atoms with Crippen molar-refractivity contribution >= 4 is 34.1 Å². The Labute approximate surface area is 176 Å². The van der Waals surface area contributed by atoms with E-state index in [0.717, 1.165) is 52.3 Å². The van der Waals surface area contributed by atoms with Gasteiger partial charge in [0.15, 0.2) is 0 Å². The zero-order chi connectivity index (χ0) is 21.1. The van der Waals surface area contributed by atoms with E-state index in [1.54, 1.807) is 0 Å². The highest BCUT2D eigenvalue weighted by molar-refractivity contribution is 6.08. The van der Waals surface area contributed by atoms with Gasteiger partial charge in [-0.15, -0.1) is 0 Å². The average Bonchev–Trinajstić information content (AvgIpc) is 3.14. The van der Waals surface area contributed by atoms with Crippen LogP contribution in [0.1, 0.15) is 36.1 Å². The molecule has 0 saturated heterocycles.